The van der Waals surface area contributed by atoms with Gasteiger partial charge in [-0.05, 0) is 123 Å². The largest absolute Gasteiger partial charge is 0.490 e. The first kappa shape index (κ1) is 34.4. The van der Waals surface area contributed by atoms with Crippen LogP contribution in [-0.2, 0) is 17.4 Å². The van der Waals surface area contributed by atoms with Gasteiger partial charge in [0, 0.05) is 31.3 Å². The number of rotatable bonds is 9. The molecule has 1 aliphatic rings. The summed E-state index contributed by atoms with van der Waals surface area (Å²) >= 11 is 0. The lowest BCUT2D eigenvalue weighted by molar-refractivity contribution is -0.137. The molecule has 1 heterocycles. The van der Waals surface area contributed by atoms with E-state index in [0.29, 0.717) is 57.0 Å². The Labute approximate surface area is 279 Å². The van der Waals surface area contributed by atoms with Crippen LogP contribution in [0.2, 0.25) is 0 Å². The van der Waals surface area contributed by atoms with Gasteiger partial charge in [-0.3, -0.25) is 9.59 Å². The van der Waals surface area contributed by atoms with Crippen LogP contribution in [0.5, 0.6) is 11.5 Å². The molecule has 0 spiro atoms. The first-order chi connectivity index (χ1) is 22.9. The van der Waals surface area contributed by atoms with Crippen LogP contribution < -0.4 is 14.8 Å². The van der Waals surface area contributed by atoms with E-state index in [1.165, 1.54) is 13.0 Å². The first-order valence-corrected chi connectivity index (χ1v) is 15.9. The number of allylic oxidation sites excluding steroid dienone is 2. The van der Waals surface area contributed by atoms with Crippen LogP contribution in [0.3, 0.4) is 0 Å². The van der Waals surface area contributed by atoms with Gasteiger partial charge >= 0.3 is 12.1 Å². The zero-order valence-electron chi connectivity index (χ0n) is 27.5. The third-order valence-corrected chi connectivity index (χ3v) is 8.20. The van der Waals surface area contributed by atoms with Crippen molar-refractivity contribution in [2.45, 2.75) is 52.3 Å². The Balaban J connectivity index is 1.46. The molecule has 1 amide bonds. The third-order valence-electron chi connectivity index (χ3n) is 8.20. The smallest absolute Gasteiger partial charge is 0.416 e. The van der Waals surface area contributed by atoms with E-state index in [4.69, 9.17) is 9.47 Å². The average molecular weight is 657 g/mol. The third kappa shape index (κ3) is 8.92. The quantitative estimate of drug-likeness (QED) is 0.111. The summed E-state index contributed by atoms with van der Waals surface area (Å²) in [6.45, 7) is 7.07. The predicted octanol–water partition coefficient (Wildman–Crippen LogP) is 9.20. The summed E-state index contributed by atoms with van der Waals surface area (Å²) in [7, 11) is 2.07. The summed E-state index contributed by atoms with van der Waals surface area (Å²) in [4.78, 5) is 27.3. The first-order valence-electron chi connectivity index (χ1n) is 15.9. The molecule has 0 atom stereocenters. The van der Waals surface area contributed by atoms with Crippen LogP contribution >= 0.6 is 0 Å². The number of amides is 1. The summed E-state index contributed by atoms with van der Waals surface area (Å²) in [5.74, 6) is 0.170. The maximum atomic E-state index is 13.7. The van der Waals surface area contributed by atoms with E-state index in [9.17, 15) is 22.8 Å². The van der Waals surface area contributed by atoms with Gasteiger partial charge in [0.25, 0.3) is 5.91 Å². The summed E-state index contributed by atoms with van der Waals surface area (Å²) in [6, 6.07) is 22.8. The minimum Gasteiger partial charge on any atom is -0.490 e. The van der Waals surface area contributed by atoms with Crippen molar-refractivity contribution in [2.75, 3.05) is 25.5 Å². The Morgan fingerprint density at radius 1 is 0.875 bits per heavy atom. The van der Waals surface area contributed by atoms with Crippen molar-refractivity contribution in [1.82, 2.24) is 4.90 Å². The minimum absolute atomic E-state index is 0.0190. The van der Waals surface area contributed by atoms with E-state index in [1.54, 1.807) is 48.5 Å². The van der Waals surface area contributed by atoms with Crippen LogP contribution in [0.25, 0.3) is 22.3 Å². The Kier molecular flexibility index (Phi) is 10.7. The number of anilines is 1. The van der Waals surface area contributed by atoms with Gasteiger partial charge in [0.05, 0.1) is 5.56 Å². The molecular formula is C39H39F3N2O4. The van der Waals surface area contributed by atoms with Crippen LogP contribution in [0.1, 0.15) is 55.1 Å². The zero-order chi connectivity index (χ0) is 34.4. The van der Waals surface area contributed by atoms with Crippen LogP contribution in [-0.4, -0.2) is 43.0 Å². The van der Waals surface area contributed by atoms with Crippen molar-refractivity contribution in [3.8, 4) is 33.8 Å². The average Bonchev–Trinajstić information content (AvgIpc) is 3.05. The standard InChI is InChI=1S/C39H39F3N2O4/c1-25(2)11-12-29-21-30(13-16-37(29)47-26(3)45)38(46)43-32-10-6-8-28(23-32)35-15-14-34(48-33-17-19-44(4)20-18-33)24-36(35)27-7-5-9-31(22-27)39(40,41)42/h5-11,13-16,21-24,33H,12,17-20H2,1-4H3,(H,43,46). The minimum atomic E-state index is -4.50. The maximum Gasteiger partial charge on any atom is 0.416 e. The normalized spacial score (nSPS) is 13.9. The fourth-order valence-electron chi connectivity index (χ4n) is 5.66. The molecule has 250 valence electrons. The molecule has 48 heavy (non-hydrogen) atoms. The molecule has 5 rings (SSSR count). The monoisotopic (exact) mass is 656 g/mol. The molecule has 0 aliphatic carbocycles. The molecule has 0 radical (unpaired) electrons. The van der Waals surface area contributed by atoms with Crippen LogP contribution in [0.15, 0.2) is 96.6 Å². The Morgan fingerprint density at radius 2 is 1.58 bits per heavy atom. The van der Waals surface area contributed by atoms with E-state index in [1.807, 2.05) is 38.1 Å². The molecule has 1 aliphatic heterocycles. The van der Waals surface area contributed by atoms with E-state index >= 15 is 0 Å². The van der Waals surface area contributed by atoms with Gasteiger partial charge in [-0.2, -0.15) is 13.2 Å². The molecule has 0 saturated carbocycles. The topological polar surface area (TPSA) is 67.9 Å². The number of carbonyl (C=O) groups is 2. The van der Waals surface area contributed by atoms with Crippen molar-refractivity contribution >= 4 is 17.6 Å². The number of carbonyl (C=O) groups excluding carboxylic acids is 2. The summed E-state index contributed by atoms with van der Waals surface area (Å²) < 4.78 is 52.8. The molecule has 0 aromatic heterocycles. The number of piperidine rings is 1. The van der Waals surface area contributed by atoms with Gasteiger partial charge in [-0.1, -0.05) is 42.0 Å². The highest BCUT2D eigenvalue weighted by Crippen LogP contribution is 2.39. The van der Waals surface area contributed by atoms with E-state index in [2.05, 4.69) is 17.3 Å². The van der Waals surface area contributed by atoms with Gasteiger partial charge in [0.1, 0.15) is 17.6 Å². The Hall–Kier alpha value is -4.89. The highest BCUT2D eigenvalue weighted by atomic mass is 19.4. The van der Waals surface area contributed by atoms with Gasteiger partial charge < -0.3 is 19.7 Å². The van der Waals surface area contributed by atoms with Crippen molar-refractivity contribution in [1.29, 1.82) is 0 Å². The molecule has 4 aromatic rings. The van der Waals surface area contributed by atoms with Gasteiger partial charge in [-0.25, -0.2) is 0 Å². The summed E-state index contributed by atoms with van der Waals surface area (Å²) in [5, 5.41) is 2.94. The molecule has 0 bridgehead atoms. The summed E-state index contributed by atoms with van der Waals surface area (Å²) in [6.07, 6.45) is -0.281. The van der Waals surface area contributed by atoms with E-state index < -0.39 is 17.7 Å². The summed E-state index contributed by atoms with van der Waals surface area (Å²) in [5.41, 5.74) is 4.32. The van der Waals surface area contributed by atoms with Crippen LogP contribution in [0, 0.1) is 0 Å². The van der Waals surface area contributed by atoms with Crippen molar-refractivity contribution in [3.63, 3.8) is 0 Å². The number of alkyl halides is 3. The second-order valence-corrected chi connectivity index (χ2v) is 12.3. The molecule has 0 unspecified atom stereocenters. The fourth-order valence-corrected chi connectivity index (χ4v) is 5.66. The number of nitrogens with zero attached hydrogens (tertiary/aromatic N) is 1. The van der Waals surface area contributed by atoms with Crippen LogP contribution in [0.4, 0.5) is 18.9 Å². The second-order valence-electron chi connectivity index (χ2n) is 12.3. The lowest BCUT2D eigenvalue weighted by Crippen LogP contribution is -2.35. The zero-order valence-corrected chi connectivity index (χ0v) is 27.5. The van der Waals surface area contributed by atoms with Crippen molar-refractivity contribution < 1.29 is 32.2 Å². The van der Waals surface area contributed by atoms with Crippen molar-refractivity contribution in [2.24, 2.45) is 0 Å². The lowest BCUT2D eigenvalue weighted by atomic mass is 9.93. The van der Waals surface area contributed by atoms with E-state index in [-0.39, 0.29) is 12.0 Å². The number of hydrogen-bond donors (Lipinski definition) is 1. The maximum absolute atomic E-state index is 13.7. The lowest BCUT2D eigenvalue weighted by Gasteiger charge is -2.29. The molecule has 9 heteroatoms. The number of halogens is 3. The number of ether oxygens (including phenoxy) is 2. The highest BCUT2D eigenvalue weighted by Gasteiger charge is 2.30. The van der Waals surface area contributed by atoms with Gasteiger partial charge in [0.2, 0.25) is 0 Å². The molecular weight excluding hydrogens is 617 g/mol. The number of hydrogen-bond acceptors (Lipinski definition) is 5. The highest BCUT2D eigenvalue weighted by molar-refractivity contribution is 6.05. The second kappa shape index (κ2) is 14.9. The number of nitrogens with one attached hydrogen (secondary N) is 1. The number of benzene rings is 4. The van der Waals surface area contributed by atoms with E-state index in [0.717, 1.165) is 43.6 Å². The Morgan fingerprint density at radius 3 is 2.27 bits per heavy atom. The molecule has 1 N–H and O–H groups in total. The molecule has 1 saturated heterocycles. The molecule has 6 nitrogen and oxygen atoms in total. The Bertz CT molecular complexity index is 1820. The van der Waals surface area contributed by atoms with Gasteiger partial charge in [-0.15, -0.1) is 0 Å². The fraction of sp³-hybridized carbons (Fsp3) is 0.282. The number of likely N-dealkylation sites (tertiary alicyclic amines) is 1. The molecule has 1 fully saturated rings. The SMILES string of the molecule is CC(=O)Oc1ccc(C(=O)Nc2cccc(-c3ccc(OC4CCN(C)CC4)cc3-c3cccc(C(F)(F)F)c3)c2)cc1CC=C(C)C. The number of esters is 1. The van der Waals surface area contributed by atoms with Gasteiger partial charge in [0.15, 0.2) is 0 Å². The predicted molar refractivity (Wildman–Crippen MR) is 182 cm³/mol. The molecule has 4 aromatic carbocycles. The van der Waals surface area contributed by atoms with Crippen molar-refractivity contribution in [3.05, 3.63) is 113 Å².